The molecule has 5 heteroatoms. The molecule has 0 saturated heterocycles. The molecule has 0 radical (unpaired) electrons. The van der Waals surface area contributed by atoms with Crippen molar-refractivity contribution in [1.82, 2.24) is 10.2 Å². The minimum absolute atomic E-state index is 0.268. The molecule has 3 aromatic rings. The van der Waals surface area contributed by atoms with E-state index in [9.17, 15) is 5.26 Å². The number of aromatic nitrogens is 2. The Balaban J connectivity index is 1.73. The number of hydrogen-bond donors (Lipinski definition) is 0. The number of thioether (sulfide) groups is 1. The molecule has 0 aliphatic heterocycles. The van der Waals surface area contributed by atoms with Crippen molar-refractivity contribution in [2.45, 2.75) is 37.7 Å². The van der Waals surface area contributed by atoms with E-state index >= 15 is 0 Å². The van der Waals surface area contributed by atoms with Gasteiger partial charge >= 0.3 is 0 Å². The van der Waals surface area contributed by atoms with Crippen LogP contribution in [0.15, 0.2) is 52.1 Å². The Hall–Kier alpha value is -2.58. The van der Waals surface area contributed by atoms with Crippen molar-refractivity contribution in [3.8, 4) is 17.5 Å². The summed E-state index contributed by atoms with van der Waals surface area (Å²) in [5.41, 5.74) is 5.54. The number of hydrogen-bond acceptors (Lipinski definition) is 5. The van der Waals surface area contributed by atoms with E-state index in [0.717, 1.165) is 22.3 Å². The third-order valence-corrected chi connectivity index (χ3v) is 4.73. The molecule has 0 aliphatic carbocycles. The second kappa shape index (κ2) is 7.54. The van der Waals surface area contributed by atoms with Crippen LogP contribution in [0.1, 0.15) is 22.3 Å². The van der Waals surface area contributed by atoms with Crippen LogP contribution in [0, 0.1) is 32.1 Å². The van der Waals surface area contributed by atoms with Gasteiger partial charge in [0.15, 0.2) is 0 Å². The molecule has 0 N–H and O–H groups in total. The zero-order valence-corrected chi connectivity index (χ0v) is 15.3. The first-order valence-corrected chi connectivity index (χ1v) is 8.95. The van der Waals surface area contributed by atoms with Crippen LogP contribution in [0.4, 0.5) is 0 Å². The largest absolute Gasteiger partial charge is 0.411 e. The standard InChI is InChI=1S/C20H19N3OS/c1-13-4-6-16(7-5-13)11-18(12-21)25-20-23-22-19(24-20)17-9-14(2)8-15(3)10-17/h4-10,18H,11H2,1-3H3/t18-/m1/s1. The van der Waals surface area contributed by atoms with Gasteiger partial charge in [0.25, 0.3) is 5.22 Å². The predicted molar refractivity (Wildman–Crippen MR) is 99.3 cm³/mol. The van der Waals surface area contributed by atoms with Gasteiger partial charge in [-0.2, -0.15) is 5.26 Å². The van der Waals surface area contributed by atoms with Crippen molar-refractivity contribution >= 4 is 11.8 Å². The minimum Gasteiger partial charge on any atom is -0.411 e. The molecule has 2 aromatic carbocycles. The molecule has 0 aliphatic rings. The Labute approximate surface area is 151 Å². The normalized spacial score (nSPS) is 11.9. The lowest BCUT2D eigenvalue weighted by atomic mass is 10.1. The van der Waals surface area contributed by atoms with Crippen LogP contribution in [-0.4, -0.2) is 15.4 Å². The molecule has 126 valence electrons. The highest BCUT2D eigenvalue weighted by Gasteiger charge is 2.16. The number of aryl methyl sites for hydroxylation is 3. The van der Waals surface area contributed by atoms with Gasteiger partial charge in [-0.3, -0.25) is 0 Å². The summed E-state index contributed by atoms with van der Waals surface area (Å²) in [7, 11) is 0. The first kappa shape index (κ1) is 17.2. The number of rotatable bonds is 5. The van der Waals surface area contributed by atoms with Crippen molar-refractivity contribution in [2.24, 2.45) is 0 Å². The highest BCUT2D eigenvalue weighted by Crippen LogP contribution is 2.28. The Morgan fingerprint density at radius 3 is 2.32 bits per heavy atom. The van der Waals surface area contributed by atoms with Gasteiger partial charge in [-0.15, -0.1) is 10.2 Å². The Kier molecular flexibility index (Phi) is 5.20. The molecule has 1 aromatic heterocycles. The van der Waals surface area contributed by atoms with Gasteiger partial charge in [-0.1, -0.05) is 47.0 Å². The summed E-state index contributed by atoms with van der Waals surface area (Å²) in [4.78, 5) is 0. The zero-order valence-electron chi connectivity index (χ0n) is 14.5. The molecule has 1 heterocycles. The summed E-state index contributed by atoms with van der Waals surface area (Å²) >= 11 is 1.31. The van der Waals surface area contributed by atoms with Crippen molar-refractivity contribution in [3.05, 3.63) is 64.7 Å². The van der Waals surface area contributed by atoms with E-state index in [2.05, 4.69) is 46.6 Å². The van der Waals surface area contributed by atoms with E-state index in [1.807, 2.05) is 32.9 Å². The van der Waals surface area contributed by atoms with Crippen LogP contribution in [0.5, 0.6) is 0 Å². The lowest BCUT2D eigenvalue weighted by Crippen LogP contribution is -2.03. The first-order valence-electron chi connectivity index (χ1n) is 8.07. The van der Waals surface area contributed by atoms with Crippen molar-refractivity contribution < 1.29 is 4.42 Å². The average Bonchev–Trinajstić information content (AvgIpc) is 3.04. The fourth-order valence-corrected chi connectivity index (χ4v) is 3.43. The lowest BCUT2D eigenvalue weighted by molar-refractivity contribution is 0.465. The quantitative estimate of drug-likeness (QED) is 0.614. The van der Waals surface area contributed by atoms with Crippen LogP contribution in [0.3, 0.4) is 0 Å². The van der Waals surface area contributed by atoms with Crippen LogP contribution in [-0.2, 0) is 6.42 Å². The predicted octanol–water partition coefficient (Wildman–Crippen LogP) is 4.89. The maximum Gasteiger partial charge on any atom is 0.278 e. The Morgan fingerprint density at radius 1 is 1.00 bits per heavy atom. The van der Waals surface area contributed by atoms with Crippen molar-refractivity contribution in [2.75, 3.05) is 0 Å². The highest BCUT2D eigenvalue weighted by molar-refractivity contribution is 7.99. The van der Waals surface area contributed by atoms with Crippen molar-refractivity contribution in [1.29, 1.82) is 5.26 Å². The summed E-state index contributed by atoms with van der Waals surface area (Å²) < 4.78 is 5.76. The maximum absolute atomic E-state index is 9.44. The molecule has 0 amide bonds. The SMILES string of the molecule is Cc1ccc(C[C@H](C#N)Sc2nnc(-c3cc(C)cc(C)c3)o2)cc1. The van der Waals surface area contributed by atoms with Crippen LogP contribution in [0.2, 0.25) is 0 Å². The smallest absolute Gasteiger partial charge is 0.278 e. The summed E-state index contributed by atoms with van der Waals surface area (Å²) in [5, 5.41) is 17.8. The van der Waals surface area contributed by atoms with Crippen LogP contribution in [0.25, 0.3) is 11.5 Å². The maximum atomic E-state index is 9.44. The van der Waals surface area contributed by atoms with Crippen molar-refractivity contribution in [3.63, 3.8) is 0 Å². The molecule has 1 atom stereocenters. The zero-order chi connectivity index (χ0) is 17.8. The van der Waals surface area contributed by atoms with E-state index in [1.165, 1.54) is 17.3 Å². The molecule has 0 bridgehead atoms. The minimum atomic E-state index is -0.268. The van der Waals surface area contributed by atoms with Gasteiger partial charge in [-0.05, 0) is 56.7 Å². The first-order chi connectivity index (χ1) is 12.0. The van der Waals surface area contributed by atoms with E-state index in [1.54, 1.807) is 0 Å². The molecule has 0 unspecified atom stereocenters. The molecule has 0 fully saturated rings. The monoisotopic (exact) mass is 349 g/mol. The van der Waals surface area contributed by atoms with Crippen LogP contribution >= 0.6 is 11.8 Å². The van der Waals surface area contributed by atoms with Gasteiger partial charge in [0, 0.05) is 5.56 Å². The molecular formula is C20H19N3OS. The topological polar surface area (TPSA) is 62.7 Å². The summed E-state index contributed by atoms with van der Waals surface area (Å²) in [6.45, 7) is 6.12. The van der Waals surface area contributed by atoms with Crippen LogP contribution < -0.4 is 0 Å². The number of nitrogens with zero attached hydrogens (tertiary/aromatic N) is 3. The third kappa shape index (κ3) is 4.49. The van der Waals surface area contributed by atoms with Gasteiger partial charge in [0.1, 0.15) is 5.25 Å². The average molecular weight is 349 g/mol. The Morgan fingerprint density at radius 2 is 1.68 bits per heavy atom. The second-order valence-corrected chi connectivity index (χ2v) is 7.33. The van der Waals surface area contributed by atoms with Gasteiger partial charge in [0.2, 0.25) is 5.89 Å². The van der Waals surface area contributed by atoms with Gasteiger partial charge in [-0.25, -0.2) is 0 Å². The summed E-state index contributed by atoms with van der Waals surface area (Å²) in [6.07, 6.45) is 0.642. The highest BCUT2D eigenvalue weighted by atomic mass is 32.2. The molecule has 4 nitrogen and oxygen atoms in total. The molecule has 25 heavy (non-hydrogen) atoms. The summed E-state index contributed by atoms with van der Waals surface area (Å²) in [5.74, 6) is 0.487. The molecule has 0 spiro atoms. The van der Waals surface area contributed by atoms with Gasteiger partial charge < -0.3 is 4.42 Å². The van der Waals surface area contributed by atoms with Gasteiger partial charge in [0.05, 0.1) is 6.07 Å². The fourth-order valence-electron chi connectivity index (χ4n) is 2.65. The Bertz CT molecular complexity index is 889. The summed E-state index contributed by atoms with van der Waals surface area (Å²) in [6, 6.07) is 16.7. The van der Waals surface area contributed by atoms with E-state index in [4.69, 9.17) is 4.42 Å². The molecule has 0 saturated carbocycles. The lowest BCUT2D eigenvalue weighted by Gasteiger charge is -2.06. The van der Waals surface area contributed by atoms with E-state index < -0.39 is 0 Å². The molecular weight excluding hydrogens is 330 g/mol. The number of benzene rings is 2. The fraction of sp³-hybridized carbons (Fsp3) is 0.250. The second-order valence-electron chi connectivity index (χ2n) is 6.17. The molecule has 3 rings (SSSR count). The number of nitriles is 1. The van der Waals surface area contributed by atoms with E-state index in [-0.39, 0.29) is 5.25 Å². The van der Waals surface area contributed by atoms with E-state index in [0.29, 0.717) is 17.5 Å². The third-order valence-electron chi connectivity index (χ3n) is 3.80.